The zero-order valence-electron chi connectivity index (χ0n) is 21.8. The fourth-order valence-corrected chi connectivity index (χ4v) is 5.90. The van der Waals surface area contributed by atoms with Gasteiger partial charge in [0.05, 0.1) is 23.3 Å². The molecule has 4 rings (SSSR count). The third-order valence-electron chi connectivity index (χ3n) is 6.40. The molecule has 0 unspecified atom stereocenters. The van der Waals surface area contributed by atoms with Crippen molar-refractivity contribution >= 4 is 51.4 Å². The standard InChI is InChI=1S/C27H27ClF3N5O3S/c1-17-9-18(28)10-21(22(17)14-36-8-6-32-12-25(36)39)20-3-5-33-23-11-19(40-26(20)23)13-34(2)24(38)4-7-35(16-37)15-27(29,30)31/h3-5,7,9-11,16,32H,6,8,12-15H2,1-2H3/b7-4-. The van der Waals surface area contributed by atoms with Gasteiger partial charge in [-0.1, -0.05) is 11.6 Å². The minimum Gasteiger partial charge on any atom is -0.337 e. The number of likely N-dealkylation sites (N-methyl/N-ethyl adjacent to an activating group) is 1. The Labute approximate surface area is 238 Å². The summed E-state index contributed by atoms with van der Waals surface area (Å²) in [4.78, 5) is 44.7. The van der Waals surface area contributed by atoms with E-state index in [1.54, 1.807) is 6.20 Å². The summed E-state index contributed by atoms with van der Waals surface area (Å²) in [5.74, 6) is -0.533. The molecule has 1 aromatic carbocycles. The lowest BCUT2D eigenvalue weighted by atomic mass is 9.95. The lowest BCUT2D eigenvalue weighted by Gasteiger charge is -2.29. The van der Waals surface area contributed by atoms with Crippen LogP contribution in [-0.4, -0.2) is 77.3 Å². The summed E-state index contributed by atoms with van der Waals surface area (Å²) < 4.78 is 38.6. The average molecular weight is 594 g/mol. The van der Waals surface area contributed by atoms with Gasteiger partial charge >= 0.3 is 6.18 Å². The highest BCUT2D eigenvalue weighted by Gasteiger charge is 2.29. The van der Waals surface area contributed by atoms with Crippen molar-refractivity contribution in [2.45, 2.75) is 26.2 Å². The van der Waals surface area contributed by atoms with Crippen molar-refractivity contribution in [3.05, 3.63) is 63.8 Å². The molecule has 1 aliphatic rings. The molecular formula is C27H27ClF3N5O3S. The SMILES string of the molecule is Cc1cc(Cl)cc(-c2ccnc3cc(CN(C)C(=O)/C=C\N(C=O)CC(F)(F)F)sc23)c1CN1CCNCC1=O. The number of hydrogen-bond acceptors (Lipinski definition) is 6. The van der Waals surface area contributed by atoms with Gasteiger partial charge in [0.15, 0.2) is 0 Å². The van der Waals surface area contributed by atoms with Gasteiger partial charge in [-0.05, 0) is 47.9 Å². The molecule has 40 heavy (non-hydrogen) atoms. The summed E-state index contributed by atoms with van der Waals surface area (Å²) >= 11 is 7.90. The maximum atomic E-state index is 12.6. The first kappa shape index (κ1) is 29.5. The Kier molecular flexibility index (Phi) is 9.12. The summed E-state index contributed by atoms with van der Waals surface area (Å²) in [5.41, 5.74) is 4.45. The van der Waals surface area contributed by atoms with E-state index in [4.69, 9.17) is 11.6 Å². The van der Waals surface area contributed by atoms with Crippen LogP contribution in [0.15, 0.2) is 42.7 Å². The van der Waals surface area contributed by atoms with E-state index in [0.29, 0.717) is 35.1 Å². The number of carbonyl (C=O) groups is 3. The van der Waals surface area contributed by atoms with Gasteiger partial charge in [0.1, 0.15) is 6.54 Å². The summed E-state index contributed by atoms with van der Waals surface area (Å²) in [6, 6.07) is 7.50. The number of aromatic nitrogens is 1. The second-order valence-corrected chi connectivity index (χ2v) is 11.0. The molecule has 2 aromatic heterocycles. The number of pyridine rings is 1. The van der Waals surface area contributed by atoms with Crippen LogP contribution in [-0.2, 0) is 27.5 Å². The number of hydrogen-bond donors (Lipinski definition) is 1. The second kappa shape index (κ2) is 12.4. The summed E-state index contributed by atoms with van der Waals surface area (Å²) in [7, 11) is 1.52. The number of thiophene rings is 1. The number of amides is 3. The van der Waals surface area contributed by atoms with E-state index >= 15 is 0 Å². The van der Waals surface area contributed by atoms with E-state index in [9.17, 15) is 27.6 Å². The van der Waals surface area contributed by atoms with Crippen LogP contribution in [0.5, 0.6) is 0 Å². The number of rotatable bonds is 9. The largest absolute Gasteiger partial charge is 0.406 e. The van der Waals surface area contributed by atoms with Gasteiger partial charge in [-0.25, -0.2) is 0 Å². The van der Waals surface area contributed by atoms with Crippen LogP contribution in [0, 0.1) is 6.92 Å². The van der Waals surface area contributed by atoms with Crippen LogP contribution in [0.25, 0.3) is 21.3 Å². The Bertz CT molecular complexity index is 1460. The maximum Gasteiger partial charge on any atom is 0.406 e. The molecule has 212 valence electrons. The van der Waals surface area contributed by atoms with Crippen LogP contribution in [0.2, 0.25) is 5.02 Å². The quantitative estimate of drug-likeness (QED) is 0.295. The highest BCUT2D eigenvalue weighted by atomic mass is 35.5. The molecule has 1 aliphatic heterocycles. The normalized spacial score (nSPS) is 14.2. The van der Waals surface area contributed by atoms with E-state index in [1.807, 2.05) is 36.1 Å². The van der Waals surface area contributed by atoms with Gasteiger partial charge in [-0.3, -0.25) is 19.4 Å². The number of nitrogens with one attached hydrogen (secondary N) is 1. The van der Waals surface area contributed by atoms with Crippen molar-refractivity contribution in [1.29, 1.82) is 0 Å². The van der Waals surface area contributed by atoms with Crippen molar-refractivity contribution in [1.82, 2.24) is 25.0 Å². The first-order chi connectivity index (χ1) is 18.9. The highest BCUT2D eigenvalue weighted by molar-refractivity contribution is 7.19. The van der Waals surface area contributed by atoms with Crippen molar-refractivity contribution in [2.75, 3.05) is 33.2 Å². The van der Waals surface area contributed by atoms with Crippen molar-refractivity contribution in [2.24, 2.45) is 0 Å². The number of aryl methyl sites for hydroxylation is 1. The second-order valence-electron chi connectivity index (χ2n) is 9.43. The number of benzene rings is 1. The molecule has 13 heteroatoms. The number of fused-ring (bicyclic) bond motifs is 1. The molecule has 0 aliphatic carbocycles. The lowest BCUT2D eigenvalue weighted by molar-refractivity contribution is -0.148. The monoisotopic (exact) mass is 593 g/mol. The first-order valence-corrected chi connectivity index (χ1v) is 13.5. The third kappa shape index (κ3) is 7.18. The Morgan fingerprint density at radius 1 is 1.27 bits per heavy atom. The van der Waals surface area contributed by atoms with E-state index < -0.39 is 18.6 Å². The molecule has 8 nitrogen and oxygen atoms in total. The smallest absolute Gasteiger partial charge is 0.337 e. The Morgan fingerprint density at radius 3 is 2.75 bits per heavy atom. The van der Waals surface area contributed by atoms with Crippen LogP contribution in [0.1, 0.15) is 16.0 Å². The molecule has 1 N–H and O–H groups in total. The minimum absolute atomic E-state index is 0.0142. The summed E-state index contributed by atoms with van der Waals surface area (Å²) in [6.07, 6.45) is -1.13. The molecule has 1 fully saturated rings. The van der Waals surface area contributed by atoms with Crippen molar-refractivity contribution < 1.29 is 27.6 Å². The van der Waals surface area contributed by atoms with Gasteiger partial charge in [-0.15, -0.1) is 11.3 Å². The molecule has 3 amide bonds. The Morgan fingerprint density at radius 2 is 2.05 bits per heavy atom. The number of halogens is 4. The Balaban J connectivity index is 1.60. The predicted molar refractivity (Wildman–Crippen MR) is 148 cm³/mol. The number of piperazine rings is 1. The molecular weight excluding hydrogens is 567 g/mol. The Hall–Kier alpha value is -3.48. The molecule has 0 radical (unpaired) electrons. The molecule has 0 atom stereocenters. The zero-order chi connectivity index (χ0) is 29.0. The van der Waals surface area contributed by atoms with Gasteiger partial charge < -0.3 is 20.0 Å². The molecule has 3 aromatic rings. The van der Waals surface area contributed by atoms with E-state index in [0.717, 1.165) is 50.7 Å². The van der Waals surface area contributed by atoms with Crippen LogP contribution in [0.4, 0.5) is 13.2 Å². The third-order valence-corrected chi connectivity index (χ3v) is 7.76. The number of nitrogens with zero attached hydrogens (tertiary/aromatic N) is 4. The topological polar surface area (TPSA) is 85.8 Å². The maximum absolute atomic E-state index is 12.6. The zero-order valence-corrected chi connectivity index (χ0v) is 23.4. The van der Waals surface area contributed by atoms with Gasteiger partial charge in [0.2, 0.25) is 18.2 Å². The van der Waals surface area contributed by atoms with Crippen LogP contribution >= 0.6 is 22.9 Å². The van der Waals surface area contributed by atoms with Crippen LogP contribution in [0.3, 0.4) is 0 Å². The summed E-state index contributed by atoms with van der Waals surface area (Å²) in [5, 5.41) is 3.65. The molecule has 0 saturated carbocycles. The predicted octanol–water partition coefficient (Wildman–Crippen LogP) is 4.35. The van der Waals surface area contributed by atoms with Gasteiger partial charge in [0.25, 0.3) is 0 Å². The lowest BCUT2D eigenvalue weighted by Crippen LogP contribution is -2.47. The summed E-state index contributed by atoms with van der Waals surface area (Å²) in [6.45, 7) is 2.72. The van der Waals surface area contributed by atoms with Crippen molar-refractivity contribution in [3.63, 3.8) is 0 Å². The number of alkyl halides is 3. The molecule has 0 spiro atoms. The molecule has 1 saturated heterocycles. The minimum atomic E-state index is -4.58. The average Bonchev–Trinajstić information content (AvgIpc) is 3.30. The van der Waals surface area contributed by atoms with E-state index in [1.165, 1.54) is 23.3 Å². The fraction of sp³-hybridized carbons (Fsp3) is 0.333. The van der Waals surface area contributed by atoms with Crippen molar-refractivity contribution in [3.8, 4) is 11.1 Å². The number of carbonyl (C=O) groups excluding carboxylic acids is 3. The first-order valence-electron chi connectivity index (χ1n) is 12.3. The van der Waals surface area contributed by atoms with Gasteiger partial charge in [-0.2, -0.15) is 13.2 Å². The van der Waals surface area contributed by atoms with E-state index in [-0.39, 0.29) is 18.9 Å². The highest BCUT2D eigenvalue weighted by Crippen LogP contribution is 2.38. The fourth-order valence-electron chi connectivity index (χ4n) is 4.44. The van der Waals surface area contributed by atoms with Gasteiger partial charge in [0, 0.05) is 60.6 Å². The van der Waals surface area contributed by atoms with E-state index in [2.05, 4.69) is 10.3 Å². The molecule has 3 heterocycles. The molecule has 0 bridgehead atoms. The van der Waals surface area contributed by atoms with Crippen LogP contribution < -0.4 is 5.32 Å².